The molecule has 6 heteroatoms. The van der Waals surface area contributed by atoms with Crippen molar-refractivity contribution in [1.82, 2.24) is 5.32 Å². The Balaban J connectivity index is 2.68. The van der Waals surface area contributed by atoms with Crippen LogP contribution in [0.1, 0.15) is 20.8 Å². The van der Waals surface area contributed by atoms with Crippen molar-refractivity contribution in [3.63, 3.8) is 0 Å². The first-order valence-corrected chi connectivity index (χ1v) is 6.37. The van der Waals surface area contributed by atoms with Crippen LogP contribution in [0.5, 0.6) is 11.5 Å². The summed E-state index contributed by atoms with van der Waals surface area (Å²) in [6.45, 7) is 5.27. The van der Waals surface area contributed by atoms with E-state index in [0.29, 0.717) is 18.1 Å². The molecule has 2 unspecified atom stereocenters. The van der Waals surface area contributed by atoms with Crippen LogP contribution in [0.2, 0.25) is 0 Å². The van der Waals surface area contributed by atoms with Crippen LogP contribution in [0.25, 0.3) is 0 Å². The summed E-state index contributed by atoms with van der Waals surface area (Å²) < 4.78 is 10.9. The van der Waals surface area contributed by atoms with Crippen molar-refractivity contribution in [3.05, 3.63) is 24.3 Å². The number of para-hydroxylation sites is 2. The van der Waals surface area contributed by atoms with Gasteiger partial charge in [0.15, 0.2) is 17.6 Å². The fourth-order valence-corrected chi connectivity index (χ4v) is 1.46. The van der Waals surface area contributed by atoms with Crippen LogP contribution in [-0.2, 0) is 9.59 Å². The zero-order chi connectivity index (χ0) is 15.1. The van der Waals surface area contributed by atoms with Crippen molar-refractivity contribution in [1.29, 1.82) is 0 Å². The number of nitrogens with one attached hydrogen (secondary N) is 1. The van der Waals surface area contributed by atoms with Crippen molar-refractivity contribution in [2.24, 2.45) is 0 Å². The fourth-order valence-electron chi connectivity index (χ4n) is 1.46. The van der Waals surface area contributed by atoms with Crippen LogP contribution < -0.4 is 14.8 Å². The van der Waals surface area contributed by atoms with Crippen molar-refractivity contribution >= 4 is 11.9 Å². The number of carbonyl (C=O) groups is 2. The highest BCUT2D eigenvalue weighted by atomic mass is 16.5. The molecule has 20 heavy (non-hydrogen) atoms. The number of aliphatic carboxylic acids is 1. The minimum Gasteiger partial charge on any atom is -0.490 e. The van der Waals surface area contributed by atoms with E-state index in [1.807, 2.05) is 6.92 Å². The summed E-state index contributed by atoms with van der Waals surface area (Å²) in [6.07, 6.45) is -0.821. The van der Waals surface area contributed by atoms with Crippen LogP contribution >= 0.6 is 0 Å². The van der Waals surface area contributed by atoms with Gasteiger partial charge in [-0.3, -0.25) is 9.59 Å². The van der Waals surface area contributed by atoms with Gasteiger partial charge in [0.1, 0.15) is 6.04 Å². The Morgan fingerprint density at radius 2 is 1.85 bits per heavy atom. The van der Waals surface area contributed by atoms with Gasteiger partial charge < -0.3 is 19.9 Å². The number of amides is 1. The summed E-state index contributed by atoms with van der Waals surface area (Å²) in [7, 11) is 0. The number of carboxylic acids is 1. The molecule has 1 amide bonds. The Labute approximate surface area is 117 Å². The van der Waals surface area contributed by atoms with Crippen molar-refractivity contribution < 1.29 is 24.2 Å². The lowest BCUT2D eigenvalue weighted by molar-refractivity contribution is -0.142. The SMILES string of the molecule is CCOc1ccccc1OC(C)C(=O)NC(C)C(=O)O. The van der Waals surface area contributed by atoms with Crippen LogP contribution in [0.4, 0.5) is 0 Å². The lowest BCUT2D eigenvalue weighted by Crippen LogP contribution is -2.44. The predicted octanol–water partition coefficient (Wildman–Crippen LogP) is 1.44. The summed E-state index contributed by atoms with van der Waals surface area (Å²) in [5, 5.41) is 11.1. The van der Waals surface area contributed by atoms with Gasteiger partial charge in [-0.2, -0.15) is 0 Å². The van der Waals surface area contributed by atoms with Gasteiger partial charge in [-0.25, -0.2) is 0 Å². The summed E-state index contributed by atoms with van der Waals surface area (Å²) in [5.74, 6) is -0.604. The molecule has 1 aromatic rings. The summed E-state index contributed by atoms with van der Waals surface area (Å²) >= 11 is 0. The van der Waals surface area contributed by atoms with Gasteiger partial charge in [0, 0.05) is 0 Å². The Bertz CT molecular complexity index is 474. The number of ether oxygens (including phenoxy) is 2. The molecular formula is C14H19NO5. The van der Waals surface area contributed by atoms with Crippen molar-refractivity contribution in [2.45, 2.75) is 32.9 Å². The molecule has 1 rings (SSSR count). The molecule has 0 radical (unpaired) electrons. The van der Waals surface area contributed by atoms with E-state index >= 15 is 0 Å². The molecule has 0 saturated carbocycles. The predicted molar refractivity (Wildman–Crippen MR) is 72.9 cm³/mol. The number of rotatable bonds is 7. The number of hydrogen-bond donors (Lipinski definition) is 2. The van der Waals surface area contributed by atoms with Gasteiger partial charge in [0.05, 0.1) is 6.61 Å². The number of carboxylic acid groups (broad SMARTS) is 1. The molecule has 0 saturated heterocycles. The quantitative estimate of drug-likeness (QED) is 0.790. The normalized spacial score (nSPS) is 13.2. The van der Waals surface area contributed by atoms with E-state index in [1.165, 1.54) is 6.92 Å². The molecule has 0 heterocycles. The molecule has 2 atom stereocenters. The van der Waals surface area contributed by atoms with E-state index in [4.69, 9.17) is 14.6 Å². The molecule has 0 fully saturated rings. The molecule has 6 nitrogen and oxygen atoms in total. The summed E-state index contributed by atoms with van der Waals surface area (Å²) in [5.41, 5.74) is 0. The van der Waals surface area contributed by atoms with Crippen molar-refractivity contribution in [2.75, 3.05) is 6.61 Å². The second kappa shape index (κ2) is 7.37. The standard InChI is InChI=1S/C14H19NO5/c1-4-19-11-7-5-6-8-12(11)20-10(3)13(16)15-9(2)14(17)18/h5-10H,4H2,1-3H3,(H,15,16)(H,17,18). The molecule has 0 aliphatic rings. The van der Waals surface area contributed by atoms with Gasteiger partial charge in [0.2, 0.25) is 0 Å². The minimum absolute atomic E-state index is 0.444. The van der Waals surface area contributed by atoms with Gasteiger partial charge in [-0.05, 0) is 32.9 Å². The molecule has 0 aromatic heterocycles. The van der Waals surface area contributed by atoms with Gasteiger partial charge in [0.25, 0.3) is 5.91 Å². The average molecular weight is 281 g/mol. The highest BCUT2D eigenvalue weighted by Gasteiger charge is 2.21. The van der Waals surface area contributed by atoms with Crippen LogP contribution in [0, 0.1) is 0 Å². The topological polar surface area (TPSA) is 84.9 Å². The maximum Gasteiger partial charge on any atom is 0.325 e. The van der Waals surface area contributed by atoms with E-state index in [0.717, 1.165) is 0 Å². The van der Waals surface area contributed by atoms with Crippen LogP contribution in [-0.4, -0.2) is 35.7 Å². The number of carbonyl (C=O) groups excluding carboxylic acids is 1. The largest absolute Gasteiger partial charge is 0.490 e. The number of hydrogen-bond acceptors (Lipinski definition) is 4. The third kappa shape index (κ3) is 4.46. The number of benzene rings is 1. The lowest BCUT2D eigenvalue weighted by Gasteiger charge is -2.18. The summed E-state index contributed by atoms with van der Waals surface area (Å²) in [4.78, 5) is 22.5. The first-order chi connectivity index (χ1) is 9.45. The average Bonchev–Trinajstić information content (AvgIpc) is 2.40. The Hall–Kier alpha value is -2.24. The molecule has 1 aromatic carbocycles. The third-order valence-electron chi connectivity index (χ3n) is 2.55. The highest BCUT2D eigenvalue weighted by molar-refractivity contribution is 5.86. The monoisotopic (exact) mass is 281 g/mol. The Morgan fingerprint density at radius 3 is 2.40 bits per heavy atom. The van der Waals surface area contributed by atoms with Crippen LogP contribution in [0.15, 0.2) is 24.3 Å². The first-order valence-electron chi connectivity index (χ1n) is 6.37. The molecule has 110 valence electrons. The Kier molecular flexibility index (Phi) is 5.83. The third-order valence-corrected chi connectivity index (χ3v) is 2.55. The van der Waals surface area contributed by atoms with E-state index in [1.54, 1.807) is 31.2 Å². The van der Waals surface area contributed by atoms with Gasteiger partial charge in [-0.1, -0.05) is 12.1 Å². The smallest absolute Gasteiger partial charge is 0.325 e. The molecule has 0 aliphatic heterocycles. The first kappa shape index (κ1) is 15.8. The summed E-state index contributed by atoms with van der Waals surface area (Å²) in [6, 6.07) is 6.03. The highest BCUT2D eigenvalue weighted by Crippen LogP contribution is 2.27. The van der Waals surface area contributed by atoms with E-state index in [9.17, 15) is 9.59 Å². The zero-order valence-electron chi connectivity index (χ0n) is 11.8. The van der Waals surface area contributed by atoms with Gasteiger partial charge in [-0.15, -0.1) is 0 Å². The second-order valence-electron chi connectivity index (χ2n) is 4.21. The molecular weight excluding hydrogens is 262 g/mol. The minimum atomic E-state index is -1.10. The van der Waals surface area contributed by atoms with E-state index in [-0.39, 0.29) is 0 Å². The second-order valence-corrected chi connectivity index (χ2v) is 4.21. The van der Waals surface area contributed by atoms with Gasteiger partial charge >= 0.3 is 5.97 Å². The maximum absolute atomic E-state index is 11.8. The lowest BCUT2D eigenvalue weighted by atomic mass is 10.3. The molecule has 2 N–H and O–H groups in total. The van der Waals surface area contributed by atoms with E-state index < -0.39 is 24.0 Å². The molecule has 0 bridgehead atoms. The molecule has 0 spiro atoms. The van der Waals surface area contributed by atoms with E-state index in [2.05, 4.69) is 5.32 Å². The zero-order valence-corrected chi connectivity index (χ0v) is 11.8. The van der Waals surface area contributed by atoms with Crippen LogP contribution in [0.3, 0.4) is 0 Å². The Morgan fingerprint density at radius 1 is 1.25 bits per heavy atom. The van der Waals surface area contributed by atoms with Crippen molar-refractivity contribution in [3.8, 4) is 11.5 Å². The fraction of sp³-hybridized carbons (Fsp3) is 0.429. The maximum atomic E-state index is 11.8. The molecule has 0 aliphatic carbocycles.